The van der Waals surface area contributed by atoms with Crippen molar-refractivity contribution in [3.05, 3.63) is 60.2 Å². The lowest BCUT2D eigenvalue weighted by molar-refractivity contribution is 0.0530. The first-order chi connectivity index (χ1) is 20.1. The van der Waals surface area contributed by atoms with Crippen LogP contribution in [0, 0.1) is 0 Å². The fourth-order valence-corrected chi connectivity index (χ4v) is 6.47. The maximum atomic E-state index is 14.0. The van der Waals surface area contributed by atoms with Crippen LogP contribution in [0.25, 0.3) is 21.5 Å². The zero-order chi connectivity index (χ0) is 29.3. The number of rotatable bonds is 20. The highest BCUT2D eigenvalue weighted by Crippen LogP contribution is 2.30. The number of benzene rings is 3. The van der Waals surface area contributed by atoms with Gasteiger partial charge in [0.15, 0.2) is 0 Å². The molecule has 0 bridgehead atoms. The summed E-state index contributed by atoms with van der Waals surface area (Å²) in [6, 6.07) is 19.7. The molecule has 0 aromatic heterocycles. The molecule has 1 amide bonds. The number of hydrogen-bond donors (Lipinski definition) is 0. The molecule has 0 radical (unpaired) electrons. The normalized spacial score (nSPS) is 13.0. The molecule has 0 aliphatic carbocycles. The lowest BCUT2D eigenvalue weighted by Gasteiger charge is -2.37. The van der Waals surface area contributed by atoms with E-state index in [0.29, 0.717) is 6.61 Å². The van der Waals surface area contributed by atoms with E-state index in [9.17, 15) is 4.79 Å². The molecule has 0 fully saturated rings. The van der Waals surface area contributed by atoms with Gasteiger partial charge in [-0.1, -0.05) is 153 Å². The summed E-state index contributed by atoms with van der Waals surface area (Å²) < 4.78 is 6.28. The molecule has 0 spiro atoms. The summed E-state index contributed by atoms with van der Waals surface area (Å²) in [7, 11) is 0. The number of carbonyl (C=O) groups excluding carboxylic acids is 1. The fourth-order valence-electron chi connectivity index (χ4n) is 6.47. The molecule has 3 nitrogen and oxygen atoms in total. The molecule has 0 aliphatic heterocycles. The first kappa shape index (κ1) is 33.0. The third-order valence-electron chi connectivity index (χ3n) is 8.94. The summed E-state index contributed by atoms with van der Waals surface area (Å²) in [4.78, 5) is 16.2. The van der Waals surface area contributed by atoms with Crippen LogP contribution in [0.15, 0.2) is 54.6 Å². The highest BCUT2D eigenvalue weighted by molar-refractivity contribution is 6.02. The van der Waals surface area contributed by atoms with Gasteiger partial charge < -0.3 is 9.64 Å². The van der Waals surface area contributed by atoms with Gasteiger partial charge in [0.05, 0.1) is 0 Å². The number of ether oxygens (including phenoxy) is 1. The first-order valence-corrected chi connectivity index (χ1v) is 17.0. The van der Waals surface area contributed by atoms with Crippen LogP contribution in [0.2, 0.25) is 0 Å². The summed E-state index contributed by atoms with van der Waals surface area (Å²) in [6.07, 6.45) is 19.3. The van der Waals surface area contributed by atoms with E-state index in [1.54, 1.807) is 0 Å². The Morgan fingerprint density at radius 3 is 1.54 bits per heavy atom. The van der Waals surface area contributed by atoms with Crippen LogP contribution in [0.5, 0.6) is 0 Å². The largest absolute Gasteiger partial charge is 0.444 e. The van der Waals surface area contributed by atoms with Crippen LogP contribution in [-0.2, 0) is 11.3 Å². The van der Waals surface area contributed by atoms with Crippen molar-refractivity contribution in [3.8, 4) is 0 Å². The minimum absolute atomic E-state index is 0.127. The molecule has 3 aromatic carbocycles. The van der Waals surface area contributed by atoms with Gasteiger partial charge in [0.2, 0.25) is 0 Å². The monoisotopic (exact) mass is 559 g/mol. The van der Waals surface area contributed by atoms with Gasteiger partial charge in [0, 0.05) is 17.6 Å². The number of unbranched alkanes of at least 4 members (excludes halogenated alkanes) is 10. The van der Waals surface area contributed by atoms with Gasteiger partial charge in [-0.3, -0.25) is 0 Å². The molecule has 0 saturated carbocycles. The molecule has 0 aliphatic rings. The van der Waals surface area contributed by atoms with Crippen molar-refractivity contribution >= 4 is 27.6 Å². The van der Waals surface area contributed by atoms with Crippen LogP contribution in [-0.4, -0.2) is 23.1 Å². The zero-order valence-electron chi connectivity index (χ0n) is 26.6. The molecule has 2 unspecified atom stereocenters. The van der Waals surface area contributed by atoms with E-state index in [2.05, 4.69) is 87.2 Å². The number of hydrogen-bond acceptors (Lipinski definition) is 2. The number of carbonyl (C=O) groups is 1. The van der Waals surface area contributed by atoms with Crippen molar-refractivity contribution in [1.82, 2.24) is 4.90 Å². The van der Waals surface area contributed by atoms with Crippen LogP contribution < -0.4 is 0 Å². The van der Waals surface area contributed by atoms with Crippen molar-refractivity contribution in [3.63, 3.8) is 0 Å². The molecule has 3 heteroatoms. The van der Waals surface area contributed by atoms with E-state index in [1.165, 1.54) is 98.6 Å². The Hall–Kier alpha value is -2.55. The topological polar surface area (TPSA) is 29.5 Å². The molecule has 0 heterocycles. The van der Waals surface area contributed by atoms with Crippen molar-refractivity contribution in [2.75, 3.05) is 0 Å². The number of fused-ring (bicyclic) bond motifs is 2. The molecule has 3 aromatic rings. The standard InChI is InChI=1S/C38H57NO2/c1-5-9-11-13-15-17-25-33(7-3)39(34(8-4)26-18-16-14-12-10-6-2)38(40)41-30-37-35-27-21-19-23-31(35)29-32-24-20-22-28-36(32)37/h19-24,27-29,33-34H,5-18,25-26,30H2,1-4H3. The quantitative estimate of drug-likeness (QED) is 0.102. The van der Waals surface area contributed by atoms with Gasteiger partial charge in [-0.25, -0.2) is 4.79 Å². The van der Waals surface area contributed by atoms with E-state index >= 15 is 0 Å². The molecular formula is C38H57NO2. The predicted molar refractivity (Wildman–Crippen MR) is 178 cm³/mol. The minimum atomic E-state index is -0.127. The third-order valence-corrected chi connectivity index (χ3v) is 8.94. The van der Waals surface area contributed by atoms with E-state index in [-0.39, 0.29) is 18.2 Å². The van der Waals surface area contributed by atoms with Crippen molar-refractivity contribution < 1.29 is 9.53 Å². The molecule has 3 rings (SSSR count). The lowest BCUT2D eigenvalue weighted by Crippen LogP contribution is -2.47. The lowest BCUT2D eigenvalue weighted by atomic mass is 9.97. The van der Waals surface area contributed by atoms with Crippen LogP contribution >= 0.6 is 0 Å². The Bertz CT molecular complexity index is 1080. The third kappa shape index (κ3) is 10.0. The summed E-state index contributed by atoms with van der Waals surface area (Å²) in [5.74, 6) is 0. The Morgan fingerprint density at radius 2 is 1.07 bits per heavy atom. The van der Waals surface area contributed by atoms with Gasteiger partial charge in [-0.2, -0.15) is 0 Å². The Morgan fingerprint density at radius 1 is 0.634 bits per heavy atom. The Kier molecular flexibility index (Phi) is 15.1. The van der Waals surface area contributed by atoms with Gasteiger partial charge in [0.25, 0.3) is 0 Å². The number of nitrogens with zero attached hydrogens (tertiary/aromatic N) is 1. The SMILES string of the molecule is CCCCCCCCC(CC)N(C(=O)OCc1c2ccccc2cc2ccccc12)C(CC)CCCCCCCC. The second-order valence-corrected chi connectivity index (χ2v) is 12.0. The number of amides is 1. The van der Waals surface area contributed by atoms with E-state index in [0.717, 1.165) is 31.2 Å². The first-order valence-electron chi connectivity index (χ1n) is 17.0. The van der Waals surface area contributed by atoms with Gasteiger partial charge in [-0.15, -0.1) is 0 Å². The van der Waals surface area contributed by atoms with Crippen molar-refractivity contribution in [1.29, 1.82) is 0 Å². The average molecular weight is 560 g/mol. The summed E-state index contributed by atoms with van der Waals surface area (Å²) in [5.41, 5.74) is 1.11. The van der Waals surface area contributed by atoms with Crippen molar-refractivity contribution in [2.24, 2.45) is 0 Å². The maximum Gasteiger partial charge on any atom is 0.410 e. The smallest absolute Gasteiger partial charge is 0.410 e. The molecule has 226 valence electrons. The second-order valence-electron chi connectivity index (χ2n) is 12.0. The van der Waals surface area contributed by atoms with Gasteiger partial charge >= 0.3 is 6.09 Å². The average Bonchev–Trinajstić information content (AvgIpc) is 3.00. The summed E-state index contributed by atoms with van der Waals surface area (Å²) in [5, 5.41) is 4.73. The fraction of sp³-hybridized carbons (Fsp3) is 0.605. The van der Waals surface area contributed by atoms with Gasteiger partial charge in [0.1, 0.15) is 6.61 Å². The molecule has 2 atom stereocenters. The Labute approximate surface area is 251 Å². The molecular weight excluding hydrogens is 502 g/mol. The van der Waals surface area contributed by atoms with E-state index in [1.807, 2.05) is 0 Å². The predicted octanol–water partition coefficient (Wildman–Crippen LogP) is 12.0. The summed E-state index contributed by atoms with van der Waals surface area (Å²) >= 11 is 0. The zero-order valence-corrected chi connectivity index (χ0v) is 26.6. The maximum absolute atomic E-state index is 14.0. The summed E-state index contributed by atoms with van der Waals surface area (Å²) in [6.45, 7) is 9.34. The highest BCUT2D eigenvalue weighted by atomic mass is 16.6. The Balaban J connectivity index is 1.77. The molecule has 41 heavy (non-hydrogen) atoms. The molecule has 0 saturated heterocycles. The minimum Gasteiger partial charge on any atom is -0.444 e. The van der Waals surface area contributed by atoms with E-state index < -0.39 is 0 Å². The van der Waals surface area contributed by atoms with Crippen molar-refractivity contribution in [2.45, 2.75) is 149 Å². The van der Waals surface area contributed by atoms with E-state index in [4.69, 9.17) is 4.74 Å². The van der Waals surface area contributed by atoms with Crippen LogP contribution in [0.4, 0.5) is 4.79 Å². The van der Waals surface area contributed by atoms with Crippen LogP contribution in [0.3, 0.4) is 0 Å². The molecule has 0 N–H and O–H groups in total. The second kappa shape index (κ2) is 18.8. The van der Waals surface area contributed by atoms with Gasteiger partial charge in [-0.05, 0) is 53.3 Å². The van der Waals surface area contributed by atoms with Crippen LogP contribution in [0.1, 0.15) is 136 Å². The highest BCUT2D eigenvalue weighted by Gasteiger charge is 2.30.